The number of aromatic nitrogens is 2. The first-order chi connectivity index (χ1) is 15.1. The average Bonchev–Trinajstić information content (AvgIpc) is 2.80. The van der Waals surface area contributed by atoms with Gasteiger partial charge in [0.05, 0.1) is 17.3 Å². The van der Waals surface area contributed by atoms with Gasteiger partial charge in [0.25, 0.3) is 0 Å². The van der Waals surface area contributed by atoms with Gasteiger partial charge in [0.2, 0.25) is 5.95 Å². The first-order valence-electron chi connectivity index (χ1n) is 11.7. The summed E-state index contributed by atoms with van der Waals surface area (Å²) in [4.78, 5) is 11.9. The predicted octanol–water partition coefficient (Wildman–Crippen LogP) is 4.05. The summed E-state index contributed by atoms with van der Waals surface area (Å²) in [6.07, 6.45) is 9.40. The molecule has 2 N–H and O–H groups in total. The van der Waals surface area contributed by atoms with Gasteiger partial charge in [-0.1, -0.05) is 12.1 Å². The number of anilines is 2. The van der Waals surface area contributed by atoms with Crippen molar-refractivity contribution in [2.24, 2.45) is 5.92 Å². The van der Waals surface area contributed by atoms with Crippen LogP contribution in [-0.2, 0) is 19.4 Å². The zero-order valence-corrected chi connectivity index (χ0v) is 18.8. The Morgan fingerprint density at radius 3 is 2.68 bits per heavy atom. The van der Waals surface area contributed by atoms with Gasteiger partial charge >= 0.3 is 0 Å². The molecule has 4 rings (SSSR count). The maximum atomic E-state index is 9.03. The van der Waals surface area contributed by atoms with Crippen LogP contribution in [0.1, 0.15) is 60.9 Å². The molecule has 0 spiro atoms. The van der Waals surface area contributed by atoms with Crippen LogP contribution in [0.15, 0.2) is 24.3 Å². The van der Waals surface area contributed by atoms with Crippen molar-refractivity contribution in [1.29, 1.82) is 5.26 Å². The number of nitriles is 1. The molecule has 1 aromatic heterocycles. The topological polar surface area (TPSA) is 76.9 Å². The van der Waals surface area contributed by atoms with Crippen molar-refractivity contribution in [3.63, 3.8) is 0 Å². The van der Waals surface area contributed by atoms with Gasteiger partial charge in [-0.3, -0.25) is 0 Å². The van der Waals surface area contributed by atoms with E-state index in [1.807, 2.05) is 18.2 Å². The number of benzene rings is 1. The monoisotopic (exact) mass is 418 g/mol. The Hall–Kier alpha value is -2.65. The van der Waals surface area contributed by atoms with Gasteiger partial charge < -0.3 is 15.5 Å². The summed E-state index contributed by atoms with van der Waals surface area (Å²) in [5.41, 5.74) is 4.49. The molecule has 164 valence electrons. The number of hydrogen-bond donors (Lipinski definition) is 2. The molecule has 2 aliphatic rings. The highest BCUT2D eigenvalue weighted by Crippen LogP contribution is 2.30. The molecule has 1 saturated carbocycles. The minimum absolute atomic E-state index is 0.459. The van der Waals surface area contributed by atoms with Crippen molar-refractivity contribution in [3.8, 4) is 6.07 Å². The van der Waals surface area contributed by atoms with Crippen LogP contribution in [0.3, 0.4) is 0 Å². The molecule has 0 aliphatic heterocycles. The summed E-state index contributed by atoms with van der Waals surface area (Å²) in [6.45, 7) is 1.85. The lowest BCUT2D eigenvalue weighted by Gasteiger charge is -2.30. The van der Waals surface area contributed by atoms with Crippen LogP contribution in [0.5, 0.6) is 0 Å². The first kappa shape index (κ1) is 21.6. The van der Waals surface area contributed by atoms with E-state index in [0.29, 0.717) is 12.0 Å². The SMILES string of the molecule is CN(C)c1nc(NC2CCC(CNCc3cccc(C#N)c3)CC2)nc2c1CCCC2. The molecule has 2 aromatic rings. The lowest BCUT2D eigenvalue weighted by Crippen LogP contribution is -2.32. The summed E-state index contributed by atoms with van der Waals surface area (Å²) in [7, 11) is 4.16. The van der Waals surface area contributed by atoms with E-state index in [0.717, 1.165) is 56.1 Å². The minimum Gasteiger partial charge on any atom is -0.362 e. The molecule has 0 atom stereocenters. The first-order valence-corrected chi connectivity index (χ1v) is 11.7. The van der Waals surface area contributed by atoms with E-state index in [-0.39, 0.29) is 0 Å². The highest BCUT2D eigenvalue weighted by atomic mass is 15.2. The zero-order chi connectivity index (χ0) is 21.6. The van der Waals surface area contributed by atoms with E-state index in [1.54, 1.807) is 0 Å². The normalized spacial score (nSPS) is 20.5. The Kier molecular flexibility index (Phi) is 7.03. The molecule has 0 radical (unpaired) electrons. The lowest BCUT2D eigenvalue weighted by atomic mass is 9.86. The molecular formula is C25H34N6. The molecule has 1 heterocycles. The van der Waals surface area contributed by atoms with Gasteiger partial charge in [-0.15, -0.1) is 0 Å². The van der Waals surface area contributed by atoms with E-state index >= 15 is 0 Å². The van der Waals surface area contributed by atoms with Gasteiger partial charge in [-0.2, -0.15) is 10.2 Å². The van der Waals surface area contributed by atoms with Gasteiger partial charge in [0.1, 0.15) is 5.82 Å². The lowest BCUT2D eigenvalue weighted by molar-refractivity contribution is 0.323. The van der Waals surface area contributed by atoms with Crippen molar-refractivity contribution < 1.29 is 0 Å². The number of aryl methyl sites for hydroxylation is 1. The summed E-state index contributed by atoms with van der Waals surface area (Å²) >= 11 is 0. The van der Waals surface area contributed by atoms with Crippen LogP contribution in [0, 0.1) is 17.2 Å². The van der Waals surface area contributed by atoms with E-state index in [4.69, 9.17) is 15.2 Å². The van der Waals surface area contributed by atoms with Gasteiger partial charge in [0, 0.05) is 32.2 Å². The third-order valence-electron chi connectivity index (χ3n) is 6.58. The van der Waals surface area contributed by atoms with Crippen LogP contribution in [0.2, 0.25) is 0 Å². The molecule has 0 bridgehead atoms. The molecular weight excluding hydrogens is 384 g/mol. The van der Waals surface area contributed by atoms with Crippen molar-refractivity contribution in [2.75, 3.05) is 30.9 Å². The number of nitrogens with one attached hydrogen (secondary N) is 2. The fourth-order valence-electron chi connectivity index (χ4n) is 4.87. The second-order valence-corrected chi connectivity index (χ2v) is 9.20. The zero-order valence-electron chi connectivity index (χ0n) is 18.8. The van der Waals surface area contributed by atoms with Crippen LogP contribution >= 0.6 is 0 Å². The highest BCUT2D eigenvalue weighted by Gasteiger charge is 2.23. The fourth-order valence-corrected chi connectivity index (χ4v) is 4.87. The summed E-state index contributed by atoms with van der Waals surface area (Å²) < 4.78 is 0. The molecule has 1 fully saturated rings. The summed E-state index contributed by atoms with van der Waals surface area (Å²) in [6, 6.07) is 10.5. The number of fused-ring (bicyclic) bond motifs is 1. The van der Waals surface area contributed by atoms with Gasteiger partial charge in [-0.05, 0) is 81.5 Å². The van der Waals surface area contributed by atoms with Crippen molar-refractivity contribution >= 4 is 11.8 Å². The molecule has 0 amide bonds. The van der Waals surface area contributed by atoms with Crippen molar-refractivity contribution in [1.82, 2.24) is 15.3 Å². The Bertz CT molecular complexity index is 924. The Morgan fingerprint density at radius 2 is 1.90 bits per heavy atom. The molecule has 0 saturated heterocycles. The number of hydrogen-bond acceptors (Lipinski definition) is 6. The smallest absolute Gasteiger partial charge is 0.225 e. The number of nitrogens with zero attached hydrogens (tertiary/aromatic N) is 4. The maximum Gasteiger partial charge on any atom is 0.225 e. The standard InChI is InChI=1S/C25H34N6/c1-31(2)24-22-8-3-4-9-23(22)29-25(30-24)28-21-12-10-18(11-13-21)16-27-17-20-7-5-6-19(14-20)15-26/h5-7,14,18,21,27H,3-4,8-13,16-17H2,1-2H3,(H,28,29,30). The number of rotatable bonds is 7. The molecule has 6 heteroatoms. The Balaban J connectivity index is 1.26. The second-order valence-electron chi connectivity index (χ2n) is 9.20. The Labute approximate surface area is 186 Å². The largest absolute Gasteiger partial charge is 0.362 e. The summed E-state index contributed by atoms with van der Waals surface area (Å²) in [5, 5.41) is 16.3. The van der Waals surface area contributed by atoms with Crippen molar-refractivity contribution in [2.45, 2.75) is 64.0 Å². The van der Waals surface area contributed by atoms with E-state index in [1.165, 1.54) is 42.5 Å². The molecule has 6 nitrogen and oxygen atoms in total. The minimum atomic E-state index is 0.459. The van der Waals surface area contributed by atoms with Crippen LogP contribution in [-0.4, -0.2) is 36.6 Å². The maximum absolute atomic E-state index is 9.03. The van der Waals surface area contributed by atoms with Crippen LogP contribution in [0.25, 0.3) is 0 Å². The second kappa shape index (κ2) is 10.1. The van der Waals surface area contributed by atoms with Gasteiger partial charge in [-0.25, -0.2) is 4.98 Å². The third-order valence-corrected chi connectivity index (χ3v) is 6.58. The molecule has 0 unspecified atom stereocenters. The van der Waals surface area contributed by atoms with E-state index in [9.17, 15) is 0 Å². The molecule has 2 aliphatic carbocycles. The van der Waals surface area contributed by atoms with Crippen molar-refractivity contribution in [3.05, 3.63) is 46.6 Å². The van der Waals surface area contributed by atoms with E-state index in [2.05, 4.69) is 41.8 Å². The van der Waals surface area contributed by atoms with Gasteiger partial charge in [0.15, 0.2) is 0 Å². The third kappa shape index (κ3) is 5.54. The van der Waals surface area contributed by atoms with E-state index < -0.39 is 0 Å². The quantitative estimate of drug-likeness (QED) is 0.706. The average molecular weight is 419 g/mol. The van der Waals surface area contributed by atoms with Crippen LogP contribution < -0.4 is 15.5 Å². The van der Waals surface area contributed by atoms with Crippen LogP contribution in [0.4, 0.5) is 11.8 Å². The Morgan fingerprint density at radius 1 is 1.10 bits per heavy atom. The molecule has 31 heavy (non-hydrogen) atoms. The fraction of sp³-hybridized carbons (Fsp3) is 0.560. The molecule has 1 aromatic carbocycles. The predicted molar refractivity (Wildman–Crippen MR) is 125 cm³/mol. The highest BCUT2D eigenvalue weighted by molar-refractivity contribution is 5.52. The summed E-state index contributed by atoms with van der Waals surface area (Å²) in [5.74, 6) is 2.60.